The van der Waals surface area contributed by atoms with Gasteiger partial charge in [-0.25, -0.2) is 4.79 Å². The second kappa shape index (κ2) is 10.7. The minimum atomic E-state index is 0.101. The fourth-order valence-corrected chi connectivity index (χ4v) is 7.24. The summed E-state index contributed by atoms with van der Waals surface area (Å²) in [4.78, 5) is 27.5. The van der Waals surface area contributed by atoms with Gasteiger partial charge in [-0.3, -0.25) is 9.88 Å². The van der Waals surface area contributed by atoms with Crippen LogP contribution in [0, 0.1) is 0 Å². The summed E-state index contributed by atoms with van der Waals surface area (Å²) in [5.74, 6) is 0. The van der Waals surface area contributed by atoms with Crippen LogP contribution < -0.4 is 5.32 Å². The topological polar surface area (TPSA) is 51.7 Å². The van der Waals surface area contributed by atoms with Gasteiger partial charge < -0.3 is 15.1 Å². The number of hydrogen-bond acceptors (Lipinski definition) is 5. The highest BCUT2D eigenvalue weighted by Crippen LogP contribution is 2.39. The number of urea groups is 1. The molecule has 7 heteroatoms. The van der Waals surface area contributed by atoms with Crippen LogP contribution in [-0.4, -0.2) is 77.6 Å². The number of thiophene rings is 1. The number of piperazine rings is 1. The molecule has 2 aromatic rings. The van der Waals surface area contributed by atoms with Crippen LogP contribution in [0.25, 0.3) is 16.0 Å². The third-order valence-electron chi connectivity index (χ3n) is 8.55. The zero-order valence-corrected chi connectivity index (χ0v) is 23.0. The number of nitrogens with zero attached hydrogens (tertiary/aromatic N) is 4. The summed E-state index contributed by atoms with van der Waals surface area (Å²) in [6.45, 7) is 8.49. The smallest absolute Gasteiger partial charge is 0.318 e. The molecular weight excluding hydrogens is 478 g/mol. The summed E-state index contributed by atoms with van der Waals surface area (Å²) in [6.07, 6.45) is 13.1. The molecule has 0 bridgehead atoms. The van der Waals surface area contributed by atoms with Crippen molar-refractivity contribution in [2.75, 3.05) is 39.8 Å². The highest BCUT2D eigenvalue weighted by atomic mass is 32.1. The molecule has 2 aliphatic heterocycles. The average Bonchev–Trinajstić information content (AvgIpc) is 3.66. The SMILES string of the molecule is CC1CC(C2=CCc3ncc(-c4ccc(CN5CCN(C)CC5)s4)cc32)=CCN1C(=O)NC1CCCC1. The van der Waals surface area contributed by atoms with Gasteiger partial charge in [0.2, 0.25) is 0 Å². The van der Waals surface area contributed by atoms with Crippen LogP contribution in [0.2, 0.25) is 0 Å². The molecule has 0 radical (unpaired) electrons. The third kappa shape index (κ3) is 5.40. The lowest BCUT2D eigenvalue weighted by atomic mass is 9.91. The Kier molecular flexibility index (Phi) is 7.19. The van der Waals surface area contributed by atoms with E-state index >= 15 is 0 Å². The molecule has 6 rings (SSSR count). The molecule has 2 amide bonds. The Morgan fingerprint density at radius 2 is 1.95 bits per heavy atom. The minimum absolute atomic E-state index is 0.101. The molecule has 1 unspecified atom stereocenters. The van der Waals surface area contributed by atoms with Crippen molar-refractivity contribution < 1.29 is 4.79 Å². The maximum absolute atomic E-state index is 12.9. The van der Waals surface area contributed by atoms with Gasteiger partial charge in [0.15, 0.2) is 0 Å². The number of nitrogens with one attached hydrogen (secondary N) is 1. The first-order valence-electron chi connectivity index (χ1n) is 14.0. The van der Waals surface area contributed by atoms with Crippen molar-refractivity contribution in [1.82, 2.24) is 25.0 Å². The predicted octanol–water partition coefficient (Wildman–Crippen LogP) is 5.17. The largest absolute Gasteiger partial charge is 0.335 e. The highest BCUT2D eigenvalue weighted by Gasteiger charge is 2.29. The van der Waals surface area contributed by atoms with E-state index in [0.29, 0.717) is 12.6 Å². The van der Waals surface area contributed by atoms with E-state index in [-0.39, 0.29) is 12.1 Å². The molecule has 1 N–H and O–H groups in total. The molecule has 37 heavy (non-hydrogen) atoms. The van der Waals surface area contributed by atoms with E-state index < -0.39 is 0 Å². The van der Waals surface area contributed by atoms with Gasteiger partial charge in [-0.15, -0.1) is 11.3 Å². The zero-order valence-electron chi connectivity index (χ0n) is 22.2. The molecule has 196 valence electrons. The molecule has 2 aromatic heterocycles. The number of amides is 2. The Hall–Kier alpha value is -2.48. The Labute approximate surface area is 225 Å². The molecule has 1 atom stereocenters. The van der Waals surface area contributed by atoms with Crippen molar-refractivity contribution in [3.63, 3.8) is 0 Å². The van der Waals surface area contributed by atoms with Gasteiger partial charge in [-0.2, -0.15) is 0 Å². The summed E-state index contributed by atoms with van der Waals surface area (Å²) in [7, 11) is 2.21. The van der Waals surface area contributed by atoms with Crippen LogP contribution in [0.15, 0.2) is 42.1 Å². The van der Waals surface area contributed by atoms with Gasteiger partial charge in [0.05, 0.1) is 5.69 Å². The number of rotatable bonds is 5. The van der Waals surface area contributed by atoms with Crippen LogP contribution in [0.5, 0.6) is 0 Å². The predicted molar refractivity (Wildman–Crippen MR) is 152 cm³/mol. The van der Waals surface area contributed by atoms with Crippen LogP contribution in [0.1, 0.15) is 55.2 Å². The summed E-state index contributed by atoms with van der Waals surface area (Å²) in [5.41, 5.74) is 6.33. The van der Waals surface area contributed by atoms with Crippen LogP contribution >= 0.6 is 11.3 Å². The number of carbonyl (C=O) groups excluding carboxylic acids is 1. The van der Waals surface area contributed by atoms with Crippen molar-refractivity contribution in [2.24, 2.45) is 0 Å². The molecule has 0 spiro atoms. The minimum Gasteiger partial charge on any atom is -0.335 e. The van der Waals surface area contributed by atoms with Crippen molar-refractivity contribution in [1.29, 1.82) is 0 Å². The quantitative estimate of drug-likeness (QED) is 0.595. The van der Waals surface area contributed by atoms with E-state index in [1.54, 1.807) is 0 Å². The van der Waals surface area contributed by atoms with Gasteiger partial charge in [-0.1, -0.05) is 25.0 Å². The molecule has 4 heterocycles. The third-order valence-corrected chi connectivity index (χ3v) is 9.67. The lowest BCUT2D eigenvalue weighted by Gasteiger charge is -2.34. The molecule has 2 aliphatic carbocycles. The van der Waals surface area contributed by atoms with E-state index in [1.165, 1.54) is 50.6 Å². The summed E-state index contributed by atoms with van der Waals surface area (Å²) in [5, 5.41) is 3.26. The van der Waals surface area contributed by atoms with Gasteiger partial charge in [0.1, 0.15) is 0 Å². The van der Waals surface area contributed by atoms with E-state index in [1.807, 2.05) is 22.4 Å². The maximum atomic E-state index is 12.9. The normalized spacial score (nSPS) is 23.2. The molecule has 4 aliphatic rings. The summed E-state index contributed by atoms with van der Waals surface area (Å²) < 4.78 is 0. The van der Waals surface area contributed by atoms with Crippen LogP contribution in [-0.2, 0) is 13.0 Å². The molecule has 1 saturated carbocycles. The van der Waals surface area contributed by atoms with Gasteiger partial charge in [0.25, 0.3) is 0 Å². The molecule has 0 aromatic carbocycles. The highest BCUT2D eigenvalue weighted by molar-refractivity contribution is 7.15. The van der Waals surface area contributed by atoms with Gasteiger partial charge >= 0.3 is 6.03 Å². The van der Waals surface area contributed by atoms with Crippen molar-refractivity contribution >= 4 is 22.9 Å². The van der Waals surface area contributed by atoms with Crippen LogP contribution in [0.4, 0.5) is 4.79 Å². The Morgan fingerprint density at radius 3 is 2.73 bits per heavy atom. The lowest BCUT2D eigenvalue weighted by molar-refractivity contribution is 0.149. The molecular formula is C30H39N5OS. The Balaban J connectivity index is 1.14. The maximum Gasteiger partial charge on any atom is 0.318 e. The first-order valence-corrected chi connectivity index (χ1v) is 14.8. The fraction of sp³-hybridized carbons (Fsp3) is 0.533. The van der Waals surface area contributed by atoms with Crippen LogP contribution in [0.3, 0.4) is 0 Å². The molecule has 6 nitrogen and oxygen atoms in total. The first kappa shape index (κ1) is 24.8. The average molecular weight is 518 g/mol. The number of carbonyl (C=O) groups is 1. The fourth-order valence-electron chi connectivity index (χ4n) is 6.21. The van der Waals surface area contributed by atoms with E-state index in [2.05, 4.69) is 59.4 Å². The lowest BCUT2D eigenvalue weighted by Crippen LogP contribution is -2.49. The Morgan fingerprint density at radius 1 is 1.14 bits per heavy atom. The van der Waals surface area contributed by atoms with E-state index in [9.17, 15) is 4.79 Å². The van der Waals surface area contributed by atoms with Gasteiger partial charge in [0, 0.05) is 84.9 Å². The molecule has 1 saturated heterocycles. The number of fused-ring (bicyclic) bond motifs is 1. The second-order valence-corrected chi connectivity index (χ2v) is 12.4. The number of hydrogen-bond donors (Lipinski definition) is 1. The standard InChI is InChI=1S/C30H39N5OS/c1-21-17-22(11-12-35(21)30(36)32-24-5-3-4-6-24)26-8-9-28-27(26)18-23(19-31-28)29-10-7-25(37-29)20-34-15-13-33(2)14-16-34/h7-8,10-11,18-19,21,24H,3-6,9,12-17,20H2,1-2H3,(H,32,36). The number of aromatic nitrogens is 1. The van der Waals surface area contributed by atoms with E-state index in [0.717, 1.165) is 58.4 Å². The Bertz CT molecular complexity index is 1200. The first-order chi connectivity index (χ1) is 18.0. The number of pyridine rings is 1. The van der Waals surface area contributed by atoms with E-state index in [4.69, 9.17) is 4.98 Å². The monoisotopic (exact) mass is 517 g/mol. The van der Waals surface area contributed by atoms with Crippen molar-refractivity contribution in [3.8, 4) is 10.4 Å². The summed E-state index contributed by atoms with van der Waals surface area (Å²) in [6, 6.07) is 7.55. The molecule has 2 fully saturated rings. The zero-order chi connectivity index (χ0) is 25.4. The van der Waals surface area contributed by atoms with Crippen molar-refractivity contribution in [2.45, 2.75) is 64.1 Å². The summed E-state index contributed by atoms with van der Waals surface area (Å²) >= 11 is 1.90. The number of allylic oxidation sites excluding steroid dienone is 2. The van der Waals surface area contributed by atoms with Gasteiger partial charge in [-0.05, 0) is 62.6 Å². The number of likely N-dealkylation sites (N-methyl/N-ethyl adjacent to an activating group) is 1. The second-order valence-electron chi connectivity index (χ2n) is 11.3. The van der Waals surface area contributed by atoms with Crippen molar-refractivity contribution in [3.05, 3.63) is 58.3 Å².